The first kappa shape index (κ1) is 23.2. The van der Waals surface area contributed by atoms with Gasteiger partial charge in [0.15, 0.2) is 5.58 Å². The summed E-state index contributed by atoms with van der Waals surface area (Å²) in [6, 6.07) is 5.70. The summed E-state index contributed by atoms with van der Waals surface area (Å²) in [6.45, 7) is 8.91. The molecular formula is C25H31N5O5. The van der Waals surface area contributed by atoms with Crippen LogP contribution >= 0.6 is 0 Å². The second kappa shape index (κ2) is 8.90. The Labute approximate surface area is 203 Å². The van der Waals surface area contributed by atoms with Gasteiger partial charge in [-0.2, -0.15) is 10.1 Å². The van der Waals surface area contributed by atoms with Gasteiger partial charge in [-0.3, -0.25) is 4.90 Å². The number of esters is 1. The largest absolute Gasteiger partial charge is 0.462 e. The molecule has 2 saturated heterocycles. The fraction of sp³-hybridized carbons (Fsp3) is 0.520. The second-order valence-corrected chi connectivity index (χ2v) is 10.0. The van der Waals surface area contributed by atoms with E-state index in [9.17, 15) is 9.59 Å². The Morgan fingerprint density at radius 3 is 2.54 bits per heavy atom. The predicted octanol–water partition coefficient (Wildman–Crippen LogP) is 4.17. The number of nitrogens with zero attached hydrogens (tertiary/aromatic N) is 5. The number of rotatable bonds is 4. The van der Waals surface area contributed by atoms with E-state index in [-0.39, 0.29) is 24.8 Å². The van der Waals surface area contributed by atoms with Crippen molar-refractivity contribution < 1.29 is 23.5 Å². The first-order chi connectivity index (χ1) is 16.7. The van der Waals surface area contributed by atoms with Gasteiger partial charge in [0.05, 0.1) is 24.3 Å². The highest BCUT2D eigenvalue weighted by Gasteiger charge is 2.43. The van der Waals surface area contributed by atoms with Gasteiger partial charge in [0.2, 0.25) is 0 Å². The lowest BCUT2D eigenvalue weighted by Crippen LogP contribution is -2.63. The van der Waals surface area contributed by atoms with Crippen molar-refractivity contribution >= 4 is 29.2 Å². The molecule has 0 saturated carbocycles. The SMILES string of the molecule is CCOC(=O)c1cc(-n2cccn2)c2oc(N3CC4CCCC(C3)N4C(=O)OC(C)(C)C)nc2c1. The lowest BCUT2D eigenvalue weighted by Gasteiger charge is -2.49. The molecule has 2 bridgehead atoms. The third-order valence-electron chi connectivity index (χ3n) is 6.32. The number of aromatic nitrogens is 3. The molecule has 4 heterocycles. The molecule has 1 amide bonds. The Bertz CT molecular complexity index is 1220. The van der Waals surface area contributed by atoms with E-state index in [1.165, 1.54) is 0 Å². The van der Waals surface area contributed by atoms with Crippen LogP contribution in [0.25, 0.3) is 16.8 Å². The Kier molecular flexibility index (Phi) is 5.90. The number of carbonyl (C=O) groups is 2. The maximum Gasteiger partial charge on any atom is 0.410 e. The van der Waals surface area contributed by atoms with E-state index in [1.807, 2.05) is 25.7 Å². The molecule has 3 aromatic rings. The maximum atomic E-state index is 12.9. The third kappa shape index (κ3) is 4.56. The van der Waals surface area contributed by atoms with Crippen LogP contribution in [-0.4, -0.2) is 69.1 Å². The molecule has 2 aromatic heterocycles. The normalized spacial score (nSPS) is 20.2. The van der Waals surface area contributed by atoms with E-state index < -0.39 is 11.6 Å². The van der Waals surface area contributed by atoms with Gasteiger partial charge < -0.3 is 18.8 Å². The lowest BCUT2D eigenvalue weighted by atomic mass is 9.92. The highest BCUT2D eigenvalue weighted by atomic mass is 16.6. The van der Waals surface area contributed by atoms with Crippen LogP contribution in [0.15, 0.2) is 35.0 Å². The average Bonchev–Trinajstić information content (AvgIpc) is 3.46. The quantitative estimate of drug-likeness (QED) is 0.512. The van der Waals surface area contributed by atoms with Crippen LogP contribution in [-0.2, 0) is 9.47 Å². The first-order valence-corrected chi connectivity index (χ1v) is 12.1. The summed E-state index contributed by atoms with van der Waals surface area (Å²) in [4.78, 5) is 34.2. The van der Waals surface area contributed by atoms with Crippen molar-refractivity contribution in [1.82, 2.24) is 19.7 Å². The molecule has 10 nitrogen and oxygen atoms in total. The van der Waals surface area contributed by atoms with Crippen molar-refractivity contribution in [2.24, 2.45) is 0 Å². The topological polar surface area (TPSA) is 103 Å². The fourth-order valence-electron chi connectivity index (χ4n) is 4.93. The Morgan fingerprint density at radius 2 is 1.91 bits per heavy atom. The van der Waals surface area contributed by atoms with E-state index >= 15 is 0 Å². The zero-order chi connectivity index (χ0) is 24.7. The molecule has 1 aromatic carbocycles. The average molecular weight is 482 g/mol. The highest BCUT2D eigenvalue weighted by Crippen LogP contribution is 2.35. The van der Waals surface area contributed by atoms with Crippen molar-refractivity contribution in [2.45, 2.75) is 64.6 Å². The van der Waals surface area contributed by atoms with E-state index in [0.29, 0.717) is 41.5 Å². The minimum absolute atomic E-state index is 0.0213. The molecule has 0 spiro atoms. The molecule has 0 N–H and O–H groups in total. The van der Waals surface area contributed by atoms with E-state index in [1.54, 1.807) is 42.2 Å². The number of hydrogen-bond acceptors (Lipinski definition) is 8. The molecule has 10 heteroatoms. The monoisotopic (exact) mass is 481 g/mol. The number of benzene rings is 1. The summed E-state index contributed by atoms with van der Waals surface area (Å²) in [5.74, 6) is -0.423. The van der Waals surface area contributed by atoms with Gasteiger partial charge in [0.1, 0.15) is 16.8 Å². The molecular weight excluding hydrogens is 450 g/mol. The van der Waals surface area contributed by atoms with Crippen LogP contribution in [0.4, 0.5) is 10.8 Å². The molecule has 2 unspecified atom stereocenters. The summed E-state index contributed by atoms with van der Waals surface area (Å²) in [7, 11) is 0. The summed E-state index contributed by atoms with van der Waals surface area (Å²) >= 11 is 0. The second-order valence-electron chi connectivity index (χ2n) is 10.0. The molecule has 0 aliphatic carbocycles. The molecule has 2 aliphatic rings. The van der Waals surface area contributed by atoms with Crippen LogP contribution in [0.3, 0.4) is 0 Å². The number of ether oxygens (including phenoxy) is 2. The van der Waals surface area contributed by atoms with Crippen molar-refractivity contribution in [3.05, 3.63) is 36.2 Å². The molecule has 35 heavy (non-hydrogen) atoms. The molecule has 2 atom stereocenters. The van der Waals surface area contributed by atoms with Gasteiger partial charge in [-0.25, -0.2) is 14.3 Å². The number of piperazine rings is 1. The summed E-state index contributed by atoms with van der Waals surface area (Å²) < 4.78 is 18.8. The molecule has 186 valence electrons. The van der Waals surface area contributed by atoms with Gasteiger partial charge in [-0.05, 0) is 65.2 Å². The molecule has 0 radical (unpaired) electrons. The van der Waals surface area contributed by atoms with E-state index in [4.69, 9.17) is 18.9 Å². The smallest absolute Gasteiger partial charge is 0.410 e. The third-order valence-corrected chi connectivity index (χ3v) is 6.32. The summed E-state index contributed by atoms with van der Waals surface area (Å²) in [5, 5.41) is 4.31. The van der Waals surface area contributed by atoms with Gasteiger partial charge in [0.25, 0.3) is 6.01 Å². The molecule has 5 rings (SSSR count). The van der Waals surface area contributed by atoms with Crippen LogP contribution in [0.2, 0.25) is 0 Å². The fourth-order valence-corrected chi connectivity index (χ4v) is 4.93. The highest BCUT2D eigenvalue weighted by molar-refractivity contribution is 5.96. The van der Waals surface area contributed by atoms with Crippen molar-refractivity contribution in [3.8, 4) is 5.69 Å². The van der Waals surface area contributed by atoms with E-state index in [0.717, 1.165) is 19.3 Å². The minimum Gasteiger partial charge on any atom is -0.462 e. The van der Waals surface area contributed by atoms with E-state index in [2.05, 4.69) is 10.00 Å². The van der Waals surface area contributed by atoms with Crippen molar-refractivity contribution in [3.63, 3.8) is 0 Å². The first-order valence-electron chi connectivity index (χ1n) is 12.1. The van der Waals surface area contributed by atoms with Gasteiger partial charge in [-0.15, -0.1) is 0 Å². The number of carbonyl (C=O) groups excluding carboxylic acids is 2. The minimum atomic E-state index is -0.539. The zero-order valence-corrected chi connectivity index (χ0v) is 20.6. The van der Waals surface area contributed by atoms with Gasteiger partial charge in [-0.1, -0.05) is 0 Å². The zero-order valence-electron chi connectivity index (χ0n) is 20.6. The van der Waals surface area contributed by atoms with Crippen molar-refractivity contribution in [2.75, 3.05) is 24.6 Å². The van der Waals surface area contributed by atoms with Crippen LogP contribution in [0, 0.1) is 0 Å². The van der Waals surface area contributed by atoms with Gasteiger partial charge in [0, 0.05) is 25.5 Å². The number of fused-ring (bicyclic) bond motifs is 3. The molecule has 2 aliphatic heterocycles. The van der Waals surface area contributed by atoms with Crippen molar-refractivity contribution in [1.29, 1.82) is 0 Å². The Morgan fingerprint density at radius 1 is 1.17 bits per heavy atom. The Hall–Kier alpha value is -3.56. The van der Waals surface area contributed by atoms with Crippen LogP contribution < -0.4 is 4.90 Å². The molecule has 2 fully saturated rings. The standard InChI is InChI=1S/C25H31N5O5/c1-5-33-22(31)16-12-19-21(20(13-16)29-11-7-10-26-29)34-23(27-19)28-14-17-8-6-9-18(15-28)30(17)24(32)35-25(2,3)4/h7,10-13,17-18H,5-6,8-9,14-15H2,1-4H3. The lowest BCUT2D eigenvalue weighted by molar-refractivity contribution is -0.0102. The van der Waals surface area contributed by atoms with Gasteiger partial charge >= 0.3 is 12.1 Å². The summed E-state index contributed by atoms with van der Waals surface area (Å²) in [6.07, 6.45) is 6.07. The number of anilines is 1. The van der Waals surface area contributed by atoms with Crippen LogP contribution in [0.5, 0.6) is 0 Å². The number of piperidine rings is 1. The number of hydrogen-bond donors (Lipinski definition) is 0. The number of amides is 1. The maximum absolute atomic E-state index is 12.9. The number of oxazole rings is 1. The predicted molar refractivity (Wildman–Crippen MR) is 129 cm³/mol. The Balaban J connectivity index is 1.47. The van der Waals surface area contributed by atoms with Crippen LogP contribution in [0.1, 0.15) is 57.3 Å². The summed E-state index contributed by atoms with van der Waals surface area (Å²) in [5.41, 5.74) is 1.55.